The van der Waals surface area contributed by atoms with Gasteiger partial charge >= 0.3 is 6.03 Å². The van der Waals surface area contributed by atoms with Gasteiger partial charge in [-0.1, -0.05) is 24.3 Å². The van der Waals surface area contributed by atoms with Gasteiger partial charge in [-0.3, -0.25) is 4.79 Å². The van der Waals surface area contributed by atoms with Crippen molar-refractivity contribution < 1.29 is 9.59 Å². The fourth-order valence-corrected chi connectivity index (χ4v) is 3.00. The first kappa shape index (κ1) is 17.0. The van der Waals surface area contributed by atoms with Crippen LogP contribution in [0.3, 0.4) is 0 Å². The topological polar surface area (TPSA) is 61.4 Å². The molecule has 0 bridgehead atoms. The second-order valence-corrected chi connectivity index (χ2v) is 6.59. The number of amides is 3. The Kier molecular flexibility index (Phi) is 4.74. The van der Waals surface area contributed by atoms with Crippen LogP contribution in [-0.4, -0.2) is 24.5 Å². The summed E-state index contributed by atoms with van der Waals surface area (Å²) in [5.74, 6) is 0.0319. The Hall–Kier alpha value is -2.82. The zero-order chi connectivity index (χ0) is 18.0. The van der Waals surface area contributed by atoms with E-state index in [0.29, 0.717) is 13.0 Å². The van der Waals surface area contributed by atoms with Gasteiger partial charge in [-0.05, 0) is 55.7 Å². The van der Waals surface area contributed by atoms with Gasteiger partial charge in [0.15, 0.2) is 0 Å². The van der Waals surface area contributed by atoms with Crippen LogP contribution in [0.4, 0.5) is 16.2 Å². The molecule has 5 nitrogen and oxygen atoms in total. The monoisotopic (exact) mass is 337 g/mol. The van der Waals surface area contributed by atoms with E-state index in [1.54, 1.807) is 4.90 Å². The molecule has 2 N–H and O–H groups in total. The molecule has 5 heteroatoms. The van der Waals surface area contributed by atoms with Gasteiger partial charge in [0, 0.05) is 24.3 Å². The second kappa shape index (κ2) is 6.97. The first-order valence-corrected chi connectivity index (χ1v) is 8.45. The van der Waals surface area contributed by atoms with E-state index in [1.165, 1.54) is 5.56 Å². The number of carbonyl (C=O) groups is 2. The summed E-state index contributed by atoms with van der Waals surface area (Å²) < 4.78 is 0. The SMILES string of the molecule is Cc1ccc(N2C[C@@H](NC(=O)Nc3ccccc3C)CC2=O)cc1C. The van der Waals surface area contributed by atoms with Crippen LogP contribution in [0.25, 0.3) is 0 Å². The van der Waals surface area contributed by atoms with Crippen molar-refractivity contribution in [2.45, 2.75) is 33.2 Å². The van der Waals surface area contributed by atoms with Gasteiger partial charge in [0.25, 0.3) is 0 Å². The van der Waals surface area contributed by atoms with Gasteiger partial charge < -0.3 is 15.5 Å². The Morgan fingerprint density at radius 1 is 1.04 bits per heavy atom. The molecule has 1 atom stereocenters. The molecular formula is C20H23N3O2. The van der Waals surface area contributed by atoms with Crippen molar-refractivity contribution in [3.8, 4) is 0 Å². The zero-order valence-corrected chi connectivity index (χ0v) is 14.8. The Labute approximate surface area is 148 Å². The van der Waals surface area contributed by atoms with Crippen molar-refractivity contribution in [1.82, 2.24) is 5.32 Å². The normalized spacial score (nSPS) is 16.8. The lowest BCUT2D eigenvalue weighted by atomic mass is 10.1. The summed E-state index contributed by atoms with van der Waals surface area (Å²) in [7, 11) is 0. The number of hydrogen-bond acceptors (Lipinski definition) is 2. The molecular weight excluding hydrogens is 314 g/mol. The minimum Gasteiger partial charge on any atom is -0.333 e. The lowest BCUT2D eigenvalue weighted by Crippen LogP contribution is -2.39. The molecule has 1 aliphatic rings. The van der Waals surface area contributed by atoms with E-state index < -0.39 is 0 Å². The molecule has 0 radical (unpaired) electrons. The molecule has 0 aliphatic carbocycles. The molecule has 0 spiro atoms. The zero-order valence-electron chi connectivity index (χ0n) is 14.8. The van der Waals surface area contributed by atoms with Gasteiger partial charge in [-0.25, -0.2) is 4.79 Å². The summed E-state index contributed by atoms with van der Waals surface area (Å²) in [6, 6.07) is 13.1. The lowest BCUT2D eigenvalue weighted by Gasteiger charge is -2.18. The third-order valence-corrected chi connectivity index (χ3v) is 4.66. The first-order valence-electron chi connectivity index (χ1n) is 8.45. The van der Waals surface area contributed by atoms with E-state index in [-0.39, 0.29) is 18.0 Å². The number of aryl methyl sites for hydroxylation is 3. The lowest BCUT2D eigenvalue weighted by molar-refractivity contribution is -0.117. The average Bonchev–Trinajstić information content (AvgIpc) is 2.92. The molecule has 3 amide bonds. The summed E-state index contributed by atoms with van der Waals surface area (Å²) in [6.45, 7) is 6.51. The van der Waals surface area contributed by atoms with Crippen molar-refractivity contribution >= 4 is 23.3 Å². The summed E-state index contributed by atoms with van der Waals surface area (Å²) in [5.41, 5.74) is 5.01. The Balaban J connectivity index is 1.63. The third kappa shape index (κ3) is 3.82. The van der Waals surface area contributed by atoms with E-state index in [9.17, 15) is 9.59 Å². The number of benzene rings is 2. The van der Waals surface area contributed by atoms with E-state index in [2.05, 4.69) is 10.6 Å². The number of rotatable bonds is 3. The van der Waals surface area contributed by atoms with Crippen LogP contribution in [0.1, 0.15) is 23.1 Å². The summed E-state index contributed by atoms with van der Waals surface area (Å²) >= 11 is 0. The Morgan fingerprint density at radius 2 is 1.80 bits per heavy atom. The molecule has 130 valence electrons. The van der Waals surface area contributed by atoms with Crippen LogP contribution >= 0.6 is 0 Å². The third-order valence-electron chi connectivity index (χ3n) is 4.66. The molecule has 0 saturated carbocycles. The number of carbonyl (C=O) groups excluding carboxylic acids is 2. The Morgan fingerprint density at radius 3 is 2.52 bits per heavy atom. The quantitative estimate of drug-likeness (QED) is 0.900. The number of anilines is 2. The van der Waals surface area contributed by atoms with Gasteiger partial charge in [0.1, 0.15) is 0 Å². The number of nitrogens with zero attached hydrogens (tertiary/aromatic N) is 1. The molecule has 1 heterocycles. The largest absolute Gasteiger partial charge is 0.333 e. The fraction of sp³-hybridized carbons (Fsp3) is 0.300. The molecule has 25 heavy (non-hydrogen) atoms. The van der Waals surface area contributed by atoms with Crippen molar-refractivity contribution in [3.05, 3.63) is 59.2 Å². The van der Waals surface area contributed by atoms with Crippen molar-refractivity contribution in [3.63, 3.8) is 0 Å². The standard InChI is InChI=1S/C20H23N3O2/c1-13-8-9-17(10-15(13)3)23-12-16(11-19(23)24)21-20(25)22-18-7-5-4-6-14(18)2/h4-10,16H,11-12H2,1-3H3,(H2,21,22,25)/t16-/m0/s1. The van der Waals surface area contributed by atoms with E-state index in [1.807, 2.05) is 63.2 Å². The molecule has 3 rings (SSSR count). The van der Waals surface area contributed by atoms with Gasteiger partial charge in [0.05, 0.1) is 6.04 Å². The second-order valence-electron chi connectivity index (χ2n) is 6.59. The summed E-state index contributed by atoms with van der Waals surface area (Å²) in [4.78, 5) is 26.3. The molecule has 0 unspecified atom stereocenters. The predicted molar refractivity (Wildman–Crippen MR) is 100 cm³/mol. The van der Waals surface area contributed by atoms with Gasteiger partial charge in [-0.2, -0.15) is 0 Å². The van der Waals surface area contributed by atoms with Crippen molar-refractivity contribution in [1.29, 1.82) is 0 Å². The number of urea groups is 1. The van der Waals surface area contributed by atoms with Crippen LogP contribution in [0.2, 0.25) is 0 Å². The van der Waals surface area contributed by atoms with Crippen LogP contribution < -0.4 is 15.5 Å². The molecule has 2 aromatic carbocycles. The summed E-state index contributed by atoms with van der Waals surface area (Å²) in [6.07, 6.45) is 0.314. The maximum absolute atomic E-state index is 12.3. The fourth-order valence-electron chi connectivity index (χ4n) is 3.00. The molecule has 0 aromatic heterocycles. The van der Waals surface area contributed by atoms with Gasteiger partial charge in [-0.15, -0.1) is 0 Å². The van der Waals surface area contributed by atoms with E-state index in [0.717, 1.165) is 22.5 Å². The number of nitrogens with one attached hydrogen (secondary N) is 2. The van der Waals surface area contributed by atoms with Crippen molar-refractivity contribution in [2.75, 3.05) is 16.8 Å². The van der Waals surface area contributed by atoms with Crippen LogP contribution in [0, 0.1) is 20.8 Å². The van der Waals surface area contributed by atoms with E-state index in [4.69, 9.17) is 0 Å². The maximum Gasteiger partial charge on any atom is 0.319 e. The highest BCUT2D eigenvalue weighted by Gasteiger charge is 2.31. The molecule has 1 fully saturated rings. The predicted octanol–water partition coefficient (Wildman–Crippen LogP) is 3.54. The Bertz CT molecular complexity index is 816. The molecule has 2 aromatic rings. The summed E-state index contributed by atoms with van der Waals surface area (Å²) in [5, 5.41) is 5.74. The van der Waals surface area contributed by atoms with Crippen LogP contribution in [0.15, 0.2) is 42.5 Å². The molecule has 1 saturated heterocycles. The van der Waals surface area contributed by atoms with E-state index >= 15 is 0 Å². The highest BCUT2D eigenvalue weighted by molar-refractivity contribution is 5.97. The minimum atomic E-state index is -0.283. The van der Waals surface area contributed by atoms with Crippen molar-refractivity contribution in [2.24, 2.45) is 0 Å². The smallest absolute Gasteiger partial charge is 0.319 e. The molecule has 1 aliphatic heterocycles. The highest BCUT2D eigenvalue weighted by atomic mass is 16.2. The number of hydrogen-bond donors (Lipinski definition) is 2. The van der Waals surface area contributed by atoms with Gasteiger partial charge in [0.2, 0.25) is 5.91 Å². The number of para-hydroxylation sites is 1. The minimum absolute atomic E-state index is 0.0319. The van der Waals surface area contributed by atoms with Crippen LogP contribution in [0.5, 0.6) is 0 Å². The average molecular weight is 337 g/mol. The highest BCUT2D eigenvalue weighted by Crippen LogP contribution is 2.24. The van der Waals surface area contributed by atoms with Crippen LogP contribution in [-0.2, 0) is 4.79 Å². The first-order chi connectivity index (χ1) is 11.9. The maximum atomic E-state index is 12.3.